The molecule has 1 atom stereocenters. The lowest BCUT2D eigenvalue weighted by Crippen LogP contribution is -2.45. The second kappa shape index (κ2) is 8.54. The summed E-state index contributed by atoms with van der Waals surface area (Å²) in [6.45, 7) is 2.22. The lowest BCUT2D eigenvalue weighted by molar-refractivity contribution is -0.136. The molecule has 1 heterocycles. The van der Waals surface area contributed by atoms with Crippen LogP contribution in [0.1, 0.15) is 24.1 Å². The van der Waals surface area contributed by atoms with Crippen molar-refractivity contribution in [3.05, 3.63) is 75.4 Å². The van der Waals surface area contributed by atoms with Gasteiger partial charge in [0.25, 0.3) is 0 Å². The Morgan fingerprint density at radius 3 is 2.67 bits per heavy atom. The predicted molar refractivity (Wildman–Crippen MR) is 111 cm³/mol. The van der Waals surface area contributed by atoms with E-state index in [-0.39, 0.29) is 0 Å². The Labute approximate surface area is 171 Å². The maximum atomic E-state index is 12.4. The zero-order chi connectivity index (χ0) is 19.4. The van der Waals surface area contributed by atoms with Crippen LogP contribution in [0.5, 0.6) is 5.75 Å². The van der Waals surface area contributed by atoms with Gasteiger partial charge < -0.3 is 20.1 Å². The highest BCUT2D eigenvalue weighted by molar-refractivity contribution is 9.10. The number of ether oxygens (including phenoxy) is 2. The van der Waals surface area contributed by atoms with Gasteiger partial charge in [0, 0.05) is 15.7 Å². The number of thiocarbonyl (C=S) groups is 1. The van der Waals surface area contributed by atoms with Crippen molar-refractivity contribution in [1.82, 2.24) is 10.6 Å². The summed E-state index contributed by atoms with van der Waals surface area (Å²) in [5, 5.41) is 6.58. The van der Waals surface area contributed by atoms with E-state index in [1.807, 2.05) is 48.5 Å². The molecule has 1 aliphatic heterocycles. The zero-order valence-corrected chi connectivity index (χ0v) is 17.3. The molecule has 0 bridgehead atoms. The molecule has 0 aliphatic carbocycles. The van der Waals surface area contributed by atoms with E-state index in [1.165, 1.54) is 7.11 Å². The minimum absolute atomic E-state index is 0.418. The first kappa shape index (κ1) is 19.4. The van der Waals surface area contributed by atoms with Crippen LogP contribution in [0.3, 0.4) is 0 Å². The number of benzene rings is 2. The Balaban J connectivity index is 1.98. The van der Waals surface area contributed by atoms with Crippen LogP contribution in [0.15, 0.2) is 64.3 Å². The van der Waals surface area contributed by atoms with Crippen LogP contribution in [0.2, 0.25) is 0 Å². The summed E-state index contributed by atoms with van der Waals surface area (Å²) in [6.07, 6.45) is 0. The molecule has 0 unspecified atom stereocenters. The average molecular weight is 447 g/mol. The largest absolute Gasteiger partial charge is 0.489 e. The molecule has 3 rings (SSSR count). The number of esters is 1. The van der Waals surface area contributed by atoms with Crippen molar-refractivity contribution in [3.63, 3.8) is 0 Å². The van der Waals surface area contributed by atoms with Crippen LogP contribution < -0.4 is 15.4 Å². The van der Waals surface area contributed by atoms with E-state index in [9.17, 15) is 4.79 Å². The van der Waals surface area contributed by atoms with Crippen LogP contribution in [-0.4, -0.2) is 18.2 Å². The van der Waals surface area contributed by atoms with Crippen molar-refractivity contribution >= 4 is 39.2 Å². The third-order valence-electron chi connectivity index (χ3n) is 4.19. The SMILES string of the molecule is COC(=O)C1=C(C)NC(=S)N[C@H]1c1cc(Br)ccc1OCc1ccccc1. The second-order valence-electron chi connectivity index (χ2n) is 6.02. The fourth-order valence-electron chi connectivity index (χ4n) is 2.92. The quantitative estimate of drug-likeness (QED) is 0.534. The van der Waals surface area contributed by atoms with Crippen molar-refractivity contribution in [2.45, 2.75) is 19.6 Å². The molecule has 0 saturated carbocycles. The Morgan fingerprint density at radius 2 is 1.96 bits per heavy atom. The van der Waals surface area contributed by atoms with Crippen molar-refractivity contribution in [2.24, 2.45) is 0 Å². The molecular formula is C20H19BrN2O3S. The molecule has 1 aliphatic rings. The van der Waals surface area contributed by atoms with Crippen LogP contribution in [0, 0.1) is 0 Å². The lowest BCUT2D eigenvalue weighted by Gasteiger charge is -2.30. The van der Waals surface area contributed by atoms with Gasteiger partial charge in [-0.25, -0.2) is 4.79 Å². The van der Waals surface area contributed by atoms with Gasteiger partial charge in [-0.2, -0.15) is 0 Å². The molecule has 7 heteroatoms. The van der Waals surface area contributed by atoms with Crippen LogP contribution in [0.4, 0.5) is 0 Å². The van der Waals surface area contributed by atoms with Crippen molar-refractivity contribution in [1.29, 1.82) is 0 Å². The standard InChI is InChI=1S/C20H19BrN2O3S/c1-12-17(19(24)25-2)18(23-20(27)22-12)15-10-14(21)8-9-16(15)26-11-13-6-4-3-5-7-13/h3-10,18H,11H2,1-2H3,(H2,22,23,27)/t18-/m0/s1. The van der Waals surface area contributed by atoms with Gasteiger partial charge in [0.1, 0.15) is 12.4 Å². The fraction of sp³-hybridized carbons (Fsp3) is 0.200. The number of methoxy groups -OCH3 is 1. The van der Waals surface area contributed by atoms with Gasteiger partial charge in [0.05, 0.1) is 18.7 Å². The summed E-state index contributed by atoms with van der Waals surface area (Å²) in [6, 6.07) is 15.1. The number of hydrogen-bond acceptors (Lipinski definition) is 4. The smallest absolute Gasteiger partial charge is 0.337 e. The summed E-state index contributed by atoms with van der Waals surface area (Å²) >= 11 is 8.79. The van der Waals surface area contributed by atoms with E-state index >= 15 is 0 Å². The predicted octanol–water partition coefficient (Wildman–Crippen LogP) is 3.99. The highest BCUT2D eigenvalue weighted by atomic mass is 79.9. The average Bonchev–Trinajstić information content (AvgIpc) is 2.66. The molecule has 2 aromatic rings. The first-order chi connectivity index (χ1) is 13.0. The highest BCUT2D eigenvalue weighted by Crippen LogP contribution is 2.35. The Kier molecular flexibility index (Phi) is 6.13. The van der Waals surface area contributed by atoms with E-state index in [2.05, 4.69) is 26.6 Å². The maximum absolute atomic E-state index is 12.4. The summed E-state index contributed by atoms with van der Waals surface area (Å²) in [5.41, 5.74) is 2.97. The van der Waals surface area contributed by atoms with Crippen molar-refractivity contribution in [3.8, 4) is 5.75 Å². The molecule has 0 saturated heterocycles. The van der Waals surface area contributed by atoms with Crippen LogP contribution >= 0.6 is 28.1 Å². The van der Waals surface area contributed by atoms with E-state index in [1.54, 1.807) is 6.92 Å². The normalized spacial score (nSPS) is 16.4. The van der Waals surface area contributed by atoms with Crippen LogP contribution in [-0.2, 0) is 16.1 Å². The number of allylic oxidation sites excluding steroid dienone is 1. The fourth-order valence-corrected chi connectivity index (χ4v) is 3.57. The van der Waals surface area contributed by atoms with E-state index in [4.69, 9.17) is 21.7 Å². The molecule has 27 heavy (non-hydrogen) atoms. The first-order valence-corrected chi connectivity index (χ1v) is 9.52. The summed E-state index contributed by atoms with van der Waals surface area (Å²) in [4.78, 5) is 12.4. The molecule has 0 spiro atoms. The van der Waals surface area contributed by atoms with Gasteiger partial charge in [-0.15, -0.1) is 0 Å². The van der Waals surface area contributed by atoms with Gasteiger partial charge >= 0.3 is 5.97 Å². The number of carbonyl (C=O) groups is 1. The van der Waals surface area contributed by atoms with Gasteiger partial charge in [0.15, 0.2) is 5.11 Å². The highest BCUT2D eigenvalue weighted by Gasteiger charge is 2.32. The topological polar surface area (TPSA) is 59.6 Å². The zero-order valence-electron chi connectivity index (χ0n) is 14.9. The molecular weight excluding hydrogens is 428 g/mol. The molecule has 0 fully saturated rings. The monoisotopic (exact) mass is 446 g/mol. The van der Waals surface area contributed by atoms with Gasteiger partial charge in [-0.3, -0.25) is 0 Å². The second-order valence-corrected chi connectivity index (χ2v) is 7.34. The number of hydrogen-bond donors (Lipinski definition) is 2. The van der Waals surface area contributed by atoms with Gasteiger partial charge in [-0.05, 0) is 42.9 Å². The third kappa shape index (κ3) is 4.48. The van der Waals surface area contributed by atoms with Crippen molar-refractivity contribution < 1.29 is 14.3 Å². The minimum Gasteiger partial charge on any atom is -0.489 e. The maximum Gasteiger partial charge on any atom is 0.337 e. The molecule has 0 aromatic heterocycles. The lowest BCUT2D eigenvalue weighted by atomic mass is 9.95. The van der Waals surface area contributed by atoms with Crippen molar-refractivity contribution in [2.75, 3.05) is 7.11 Å². The third-order valence-corrected chi connectivity index (χ3v) is 4.91. The summed E-state index contributed by atoms with van der Waals surface area (Å²) in [5.74, 6) is 0.243. The minimum atomic E-state index is -0.477. The number of carbonyl (C=O) groups excluding carboxylic acids is 1. The van der Waals surface area contributed by atoms with E-state index in [0.717, 1.165) is 15.6 Å². The number of rotatable bonds is 5. The van der Waals surface area contributed by atoms with Gasteiger partial charge in [-0.1, -0.05) is 46.3 Å². The van der Waals surface area contributed by atoms with Gasteiger partial charge in [0.2, 0.25) is 0 Å². The van der Waals surface area contributed by atoms with E-state index in [0.29, 0.717) is 28.7 Å². The van der Waals surface area contributed by atoms with E-state index < -0.39 is 12.0 Å². The molecule has 2 N–H and O–H groups in total. The summed E-state index contributed by atoms with van der Waals surface area (Å²) in [7, 11) is 1.36. The molecule has 0 amide bonds. The first-order valence-electron chi connectivity index (χ1n) is 8.32. The Bertz CT molecular complexity index is 899. The molecule has 5 nitrogen and oxygen atoms in total. The number of nitrogens with one attached hydrogen (secondary N) is 2. The Hall–Kier alpha value is -2.38. The summed E-state index contributed by atoms with van der Waals surface area (Å²) < 4.78 is 11.9. The number of halogens is 1. The molecule has 140 valence electrons. The van der Waals surface area contributed by atoms with Crippen LogP contribution in [0.25, 0.3) is 0 Å². The molecule has 0 radical (unpaired) electrons. The molecule has 2 aromatic carbocycles. The Morgan fingerprint density at radius 1 is 1.22 bits per heavy atom.